The van der Waals surface area contributed by atoms with Gasteiger partial charge in [-0.3, -0.25) is 4.79 Å². The number of nitrogens with one attached hydrogen (secondary N) is 1. The quantitative estimate of drug-likeness (QED) is 0.383. The highest BCUT2D eigenvalue weighted by Gasteiger charge is 2.33. The van der Waals surface area contributed by atoms with Crippen LogP contribution in [0.1, 0.15) is 98.0 Å². The first-order valence-electron chi connectivity index (χ1n) is 16.4. The van der Waals surface area contributed by atoms with Crippen molar-refractivity contribution in [3.63, 3.8) is 0 Å². The highest BCUT2D eigenvalue weighted by Crippen LogP contribution is 2.41. The molecular weight excluding hydrogens is 522 g/mol. The van der Waals surface area contributed by atoms with E-state index >= 15 is 0 Å². The standard InChI is InChI=1S/C36H51N3O3/c1-5-39(29-18-16-27(17-19-29)30-14-10-21-42-22-20-25(30)2)34-15-9-13-32-31(34)12-8-6-7-11-28-23-26(3)38-36(41-4)33(28)24-37-35(32)40/h6,8-9,13,15,23,25,27,29-30H,5,7,10-12,14,16-22,24H2,1-4H3,(H,37,40). The first-order valence-corrected chi connectivity index (χ1v) is 16.4. The van der Waals surface area contributed by atoms with Crippen LogP contribution in [0.4, 0.5) is 5.69 Å². The van der Waals surface area contributed by atoms with Crippen LogP contribution in [0.25, 0.3) is 0 Å². The van der Waals surface area contributed by atoms with Crippen LogP contribution >= 0.6 is 0 Å². The molecule has 2 atom stereocenters. The average Bonchev–Trinajstić information content (AvgIpc) is 2.98. The Hall–Kier alpha value is -2.86. The Morgan fingerprint density at radius 1 is 1.07 bits per heavy atom. The molecule has 42 heavy (non-hydrogen) atoms. The minimum absolute atomic E-state index is 0.0311. The molecule has 1 aromatic carbocycles. The highest BCUT2D eigenvalue weighted by molar-refractivity contribution is 5.97. The lowest BCUT2D eigenvalue weighted by atomic mass is 9.70. The Morgan fingerprint density at radius 2 is 1.90 bits per heavy atom. The zero-order valence-corrected chi connectivity index (χ0v) is 26.3. The van der Waals surface area contributed by atoms with Crippen LogP contribution in [0.15, 0.2) is 36.4 Å². The van der Waals surface area contributed by atoms with E-state index in [2.05, 4.69) is 59.4 Å². The van der Waals surface area contributed by atoms with Gasteiger partial charge in [0.05, 0.1) is 7.11 Å². The van der Waals surface area contributed by atoms with Gasteiger partial charge in [-0.15, -0.1) is 0 Å². The molecule has 1 aliphatic carbocycles. The van der Waals surface area contributed by atoms with Gasteiger partial charge in [-0.25, -0.2) is 4.98 Å². The van der Waals surface area contributed by atoms with Crippen molar-refractivity contribution < 1.29 is 14.3 Å². The number of aryl methyl sites for hydroxylation is 2. The van der Waals surface area contributed by atoms with Crippen LogP contribution in [0, 0.1) is 24.7 Å². The lowest BCUT2D eigenvalue weighted by molar-refractivity contribution is 0.0595. The Morgan fingerprint density at radius 3 is 2.69 bits per heavy atom. The van der Waals surface area contributed by atoms with Crippen LogP contribution in [0.2, 0.25) is 0 Å². The number of amides is 1. The molecule has 1 saturated carbocycles. The van der Waals surface area contributed by atoms with E-state index in [1.54, 1.807) is 7.11 Å². The van der Waals surface area contributed by atoms with Gasteiger partial charge in [0.1, 0.15) is 0 Å². The maximum atomic E-state index is 13.7. The second-order valence-corrected chi connectivity index (χ2v) is 12.6. The van der Waals surface area contributed by atoms with Gasteiger partial charge < -0.3 is 19.7 Å². The average molecular weight is 574 g/mol. The first kappa shape index (κ1) is 30.6. The number of pyridine rings is 1. The van der Waals surface area contributed by atoms with Gasteiger partial charge in [0.15, 0.2) is 0 Å². The minimum Gasteiger partial charge on any atom is -0.481 e. The molecule has 1 saturated heterocycles. The van der Waals surface area contributed by atoms with Gasteiger partial charge in [-0.1, -0.05) is 25.1 Å². The second kappa shape index (κ2) is 14.5. The summed E-state index contributed by atoms with van der Waals surface area (Å²) in [4.78, 5) is 20.9. The lowest BCUT2D eigenvalue weighted by Crippen LogP contribution is -2.40. The summed E-state index contributed by atoms with van der Waals surface area (Å²) in [6, 6.07) is 8.93. The fourth-order valence-electron chi connectivity index (χ4n) is 7.87. The minimum atomic E-state index is -0.0311. The number of aromatic nitrogens is 1. The Kier molecular flexibility index (Phi) is 10.6. The van der Waals surface area contributed by atoms with Crippen LogP contribution in [0.5, 0.6) is 5.88 Å². The number of anilines is 1. The predicted molar refractivity (Wildman–Crippen MR) is 170 cm³/mol. The number of hydrogen-bond acceptors (Lipinski definition) is 5. The van der Waals surface area contributed by atoms with Crippen LogP contribution in [-0.4, -0.2) is 43.8 Å². The van der Waals surface area contributed by atoms with Crippen LogP contribution in [0.3, 0.4) is 0 Å². The molecule has 1 N–H and O–H groups in total. The summed E-state index contributed by atoms with van der Waals surface area (Å²) in [7, 11) is 1.65. The topological polar surface area (TPSA) is 63.7 Å². The highest BCUT2D eigenvalue weighted by atomic mass is 16.5. The molecule has 2 unspecified atom stereocenters. The molecule has 6 heteroatoms. The number of fused-ring (bicyclic) bond motifs is 2. The van der Waals surface area contributed by atoms with Crippen molar-refractivity contribution in [1.29, 1.82) is 0 Å². The molecule has 2 aromatic rings. The van der Waals surface area contributed by atoms with Gasteiger partial charge in [-0.2, -0.15) is 0 Å². The third-order valence-electron chi connectivity index (χ3n) is 10.1. The summed E-state index contributed by atoms with van der Waals surface area (Å²) in [6.45, 7) is 9.92. The van der Waals surface area contributed by atoms with Crippen molar-refractivity contribution in [2.45, 2.75) is 97.6 Å². The normalized spacial score (nSPS) is 25.5. The molecule has 3 heterocycles. The first-order chi connectivity index (χ1) is 20.5. The van der Waals surface area contributed by atoms with E-state index in [1.807, 2.05) is 13.0 Å². The van der Waals surface area contributed by atoms with Gasteiger partial charge in [0.25, 0.3) is 5.91 Å². The SMILES string of the molecule is CCN(c1cccc2c1CC=CCCc1cc(C)nc(OC)c1CNC2=O)C1CCC(C2CCCOCCC2C)CC1. The summed E-state index contributed by atoms with van der Waals surface area (Å²) in [5, 5.41) is 3.22. The van der Waals surface area contributed by atoms with Crippen LogP contribution < -0.4 is 15.0 Å². The maximum Gasteiger partial charge on any atom is 0.251 e. The Labute approximate surface area is 253 Å². The number of benzene rings is 1. The molecular formula is C36H51N3O3. The van der Waals surface area contributed by atoms with Crippen molar-refractivity contribution in [3.8, 4) is 5.88 Å². The van der Waals surface area contributed by atoms with Crippen molar-refractivity contribution in [2.24, 2.45) is 17.8 Å². The van der Waals surface area contributed by atoms with Crippen molar-refractivity contribution >= 4 is 11.6 Å². The molecule has 3 aliphatic rings. The third-order valence-corrected chi connectivity index (χ3v) is 10.1. The molecule has 1 amide bonds. The van der Waals surface area contributed by atoms with E-state index in [0.29, 0.717) is 18.5 Å². The Balaban J connectivity index is 1.36. The van der Waals surface area contributed by atoms with Gasteiger partial charge in [-0.05, 0) is 125 Å². The smallest absolute Gasteiger partial charge is 0.251 e. The number of carbonyl (C=O) groups excluding carboxylic acids is 1. The van der Waals surface area contributed by atoms with Crippen molar-refractivity contribution in [1.82, 2.24) is 10.3 Å². The number of nitrogens with zero attached hydrogens (tertiary/aromatic N) is 2. The largest absolute Gasteiger partial charge is 0.481 e. The summed E-state index contributed by atoms with van der Waals surface area (Å²) in [5.74, 6) is 2.99. The number of hydrogen-bond donors (Lipinski definition) is 1. The molecule has 0 bridgehead atoms. The molecule has 1 aromatic heterocycles. The number of methoxy groups -OCH3 is 1. The zero-order chi connectivity index (χ0) is 29.5. The van der Waals surface area contributed by atoms with E-state index in [4.69, 9.17) is 9.47 Å². The summed E-state index contributed by atoms with van der Waals surface area (Å²) in [6.07, 6.45) is 15.9. The van der Waals surface area contributed by atoms with Gasteiger partial charge >= 0.3 is 0 Å². The van der Waals surface area contributed by atoms with E-state index < -0.39 is 0 Å². The number of allylic oxidation sites excluding steroid dienone is 2. The number of ether oxygens (including phenoxy) is 2. The van der Waals surface area contributed by atoms with Gasteiger partial charge in [0, 0.05) is 54.9 Å². The molecule has 0 spiro atoms. The van der Waals surface area contributed by atoms with Crippen molar-refractivity contribution in [2.75, 3.05) is 31.8 Å². The molecule has 5 rings (SSSR count). The number of carbonyl (C=O) groups is 1. The predicted octanol–water partition coefficient (Wildman–Crippen LogP) is 7.21. The summed E-state index contributed by atoms with van der Waals surface area (Å²) >= 11 is 0. The number of rotatable bonds is 5. The molecule has 228 valence electrons. The van der Waals surface area contributed by atoms with Crippen LogP contribution in [-0.2, 0) is 24.1 Å². The summed E-state index contributed by atoms with van der Waals surface area (Å²) in [5.41, 5.74) is 6.23. The molecule has 2 aliphatic heterocycles. The van der Waals surface area contributed by atoms with E-state index in [0.717, 1.165) is 79.2 Å². The van der Waals surface area contributed by atoms with E-state index in [1.165, 1.54) is 56.2 Å². The van der Waals surface area contributed by atoms with Crippen molar-refractivity contribution in [3.05, 3.63) is 64.4 Å². The fraction of sp³-hybridized carbons (Fsp3) is 0.611. The Bertz CT molecular complexity index is 1230. The molecule has 2 fully saturated rings. The zero-order valence-electron chi connectivity index (χ0n) is 26.3. The molecule has 0 radical (unpaired) electrons. The van der Waals surface area contributed by atoms with E-state index in [9.17, 15) is 4.79 Å². The third kappa shape index (κ3) is 7.02. The fourth-order valence-corrected chi connectivity index (χ4v) is 7.87. The summed E-state index contributed by atoms with van der Waals surface area (Å²) < 4.78 is 11.4. The second-order valence-electron chi connectivity index (χ2n) is 12.6. The van der Waals surface area contributed by atoms with E-state index in [-0.39, 0.29) is 5.91 Å². The lowest BCUT2D eigenvalue weighted by Gasteiger charge is -2.42. The monoisotopic (exact) mass is 573 g/mol. The molecule has 6 nitrogen and oxygen atoms in total. The van der Waals surface area contributed by atoms with Gasteiger partial charge in [0.2, 0.25) is 5.88 Å². The maximum absolute atomic E-state index is 13.7.